The van der Waals surface area contributed by atoms with Crippen LogP contribution in [0.15, 0.2) is 109 Å². The van der Waals surface area contributed by atoms with Gasteiger partial charge in [0.2, 0.25) is 0 Å². The maximum absolute atomic E-state index is 13.2. The van der Waals surface area contributed by atoms with Crippen molar-refractivity contribution in [1.29, 1.82) is 0 Å². The van der Waals surface area contributed by atoms with Crippen LogP contribution in [0.1, 0.15) is 60.0 Å². The molecule has 2 aliphatic heterocycles. The van der Waals surface area contributed by atoms with E-state index in [1.54, 1.807) is 24.3 Å². The molecular weight excluding hydrogens is 718 g/mol. The first-order valence-electron chi connectivity index (χ1n) is 17.4. The van der Waals surface area contributed by atoms with E-state index in [1.165, 1.54) is 34.1 Å². The summed E-state index contributed by atoms with van der Waals surface area (Å²) in [6, 6.07) is 28.7. The molecule has 2 aliphatic rings. The van der Waals surface area contributed by atoms with E-state index in [0.717, 1.165) is 11.1 Å². The normalized spacial score (nSPS) is 19.9. The van der Waals surface area contributed by atoms with Crippen molar-refractivity contribution in [2.75, 3.05) is 13.1 Å². The molecule has 8 nitrogen and oxygen atoms in total. The van der Waals surface area contributed by atoms with E-state index in [1.807, 2.05) is 60.7 Å². The van der Waals surface area contributed by atoms with Gasteiger partial charge in [-0.2, -0.15) is 17.6 Å². The van der Waals surface area contributed by atoms with Crippen LogP contribution >= 0.6 is 0 Å². The van der Waals surface area contributed by atoms with Crippen LogP contribution in [-0.4, -0.2) is 60.5 Å². The Kier molecular flexibility index (Phi) is 14.7. The van der Waals surface area contributed by atoms with E-state index in [0.29, 0.717) is 11.1 Å². The van der Waals surface area contributed by atoms with Gasteiger partial charge in [0.25, 0.3) is 0 Å². The second-order valence-electron chi connectivity index (χ2n) is 12.7. The molecule has 6 rings (SSSR count). The molecule has 4 atom stereocenters. The Morgan fingerprint density at radius 2 is 0.907 bits per heavy atom. The van der Waals surface area contributed by atoms with E-state index in [2.05, 4.69) is 9.47 Å². The van der Waals surface area contributed by atoms with Gasteiger partial charge < -0.3 is 28.7 Å². The van der Waals surface area contributed by atoms with E-state index in [9.17, 15) is 35.9 Å². The van der Waals surface area contributed by atoms with Gasteiger partial charge in [-0.15, -0.1) is 0 Å². The summed E-state index contributed by atoms with van der Waals surface area (Å²) in [6.45, 7) is -5.09. The predicted molar refractivity (Wildman–Crippen MR) is 185 cm³/mol. The molecule has 0 aliphatic carbocycles. The fourth-order valence-corrected chi connectivity index (χ4v) is 6.45. The number of rotatable bonds is 10. The van der Waals surface area contributed by atoms with Gasteiger partial charge in [-0.1, -0.05) is 84.9 Å². The highest BCUT2D eigenvalue weighted by Gasteiger charge is 2.36. The molecule has 0 radical (unpaired) electrons. The quantitative estimate of drug-likeness (QED) is 0.150. The topological polar surface area (TPSA) is 77.5 Å². The lowest BCUT2D eigenvalue weighted by molar-refractivity contribution is -0.176. The summed E-state index contributed by atoms with van der Waals surface area (Å²) in [5.41, 5.74) is 2.99. The van der Waals surface area contributed by atoms with Crippen LogP contribution in [-0.2, 0) is 32.2 Å². The predicted octanol–water partition coefficient (Wildman–Crippen LogP) is 9.81. The van der Waals surface area contributed by atoms with Crippen LogP contribution in [0.5, 0.6) is 0 Å². The van der Waals surface area contributed by atoms with Crippen molar-refractivity contribution in [3.63, 3.8) is 0 Å². The highest BCUT2D eigenvalue weighted by Crippen LogP contribution is 2.35. The molecule has 2 heterocycles. The minimum atomic E-state index is -2.87. The molecule has 14 heteroatoms. The van der Waals surface area contributed by atoms with Gasteiger partial charge in [0.15, 0.2) is 0 Å². The van der Waals surface area contributed by atoms with Crippen LogP contribution in [0, 0.1) is 11.6 Å². The Morgan fingerprint density at radius 1 is 0.556 bits per heavy atom. The lowest BCUT2D eigenvalue weighted by Crippen LogP contribution is -2.43. The first kappa shape index (κ1) is 40.1. The van der Waals surface area contributed by atoms with Gasteiger partial charge in [0.05, 0.1) is 24.3 Å². The Balaban J connectivity index is 0.000000208. The van der Waals surface area contributed by atoms with Crippen LogP contribution in [0.25, 0.3) is 0 Å². The highest BCUT2D eigenvalue weighted by molar-refractivity contribution is 5.69. The van der Waals surface area contributed by atoms with Crippen molar-refractivity contribution in [3.05, 3.63) is 143 Å². The fourth-order valence-electron chi connectivity index (χ4n) is 6.45. The van der Waals surface area contributed by atoms with E-state index in [4.69, 9.17) is 9.47 Å². The number of carbonyl (C=O) groups excluding carboxylic acids is 2. The molecule has 0 aromatic heterocycles. The zero-order valence-electron chi connectivity index (χ0n) is 29.1. The molecule has 4 aromatic rings. The fraction of sp³-hybridized carbons (Fsp3) is 0.350. The number of nitrogens with zero attached hydrogens (tertiary/aromatic N) is 2. The number of halogens is 6. The molecule has 2 amide bonds. The van der Waals surface area contributed by atoms with Gasteiger partial charge in [-0.05, 0) is 72.2 Å². The highest BCUT2D eigenvalue weighted by atomic mass is 19.3. The zero-order chi connectivity index (χ0) is 38.5. The molecule has 54 heavy (non-hydrogen) atoms. The molecule has 0 unspecified atom stereocenters. The van der Waals surface area contributed by atoms with Gasteiger partial charge in [0, 0.05) is 13.1 Å². The zero-order valence-corrected chi connectivity index (χ0v) is 29.1. The number of hydrogen-bond donors (Lipinski definition) is 0. The molecule has 0 spiro atoms. The number of benzene rings is 4. The number of alkyl halides is 4. The summed E-state index contributed by atoms with van der Waals surface area (Å²) in [6.07, 6.45) is -1.50. The number of ether oxygens (including phenoxy) is 4. The van der Waals surface area contributed by atoms with Crippen molar-refractivity contribution in [2.24, 2.45) is 0 Å². The summed E-state index contributed by atoms with van der Waals surface area (Å²) in [7, 11) is 0. The number of likely N-dealkylation sites (tertiary alicyclic amines) is 2. The van der Waals surface area contributed by atoms with Gasteiger partial charge in [0.1, 0.15) is 24.8 Å². The van der Waals surface area contributed by atoms with Crippen LogP contribution in [0.2, 0.25) is 0 Å². The average Bonchev–Trinajstić information content (AvgIpc) is 3.17. The Morgan fingerprint density at radius 3 is 1.24 bits per heavy atom. The third-order valence-corrected chi connectivity index (χ3v) is 9.09. The van der Waals surface area contributed by atoms with Gasteiger partial charge in [-0.3, -0.25) is 0 Å². The van der Waals surface area contributed by atoms with Crippen molar-refractivity contribution in [1.82, 2.24) is 9.80 Å². The molecular formula is C40H40F6N2O6. The van der Waals surface area contributed by atoms with Crippen molar-refractivity contribution >= 4 is 12.2 Å². The number of carbonyl (C=O) groups is 2. The minimum Gasteiger partial charge on any atom is -0.445 e. The van der Waals surface area contributed by atoms with Gasteiger partial charge in [-0.25, -0.2) is 18.4 Å². The molecule has 2 saturated heterocycles. The standard InChI is InChI=1S/2C20H20F3NO3/c2*21-16-8-6-15(7-9-16)18-12-17(27-19(22)23)10-11-24(18)20(25)26-13-14-4-2-1-3-5-14/h2*1-9,17-19H,10-13H2/t17-,18+;17-,18-/m10/s1. The van der Waals surface area contributed by atoms with Crippen molar-refractivity contribution in [3.8, 4) is 0 Å². The second kappa shape index (κ2) is 19.8. The summed E-state index contributed by atoms with van der Waals surface area (Å²) in [4.78, 5) is 28.2. The van der Waals surface area contributed by atoms with Gasteiger partial charge >= 0.3 is 25.4 Å². The molecule has 4 aromatic carbocycles. The largest absolute Gasteiger partial charge is 0.445 e. The van der Waals surface area contributed by atoms with Crippen molar-refractivity contribution < 1.29 is 54.9 Å². The molecule has 0 saturated carbocycles. The first-order chi connectivity index (χ1) is 26.0. The SMILES string of the molecule is O=C(OCc1ccccc1)N1CC[C@@H](OC(F)F)C[C@H]1c1ccc(F)cc1.O=C(OCc1ccccc1)N1CC[C@H](OC(F)F)C[C@H]1c1ccc(F)cc1. The van der Waals surface area contributed by atoms with E-state index < -0.39 is 61.3 Å². The third kappa shape index (κ3) is 12.0. The molecule has 2 fully saturated rings. The lowest BCUT2D eigenvalue weighted by Gasteiger charge is -2.38. The van der Waals surface area contributed by atoms with E-state index >= 15 is 0 Å². The Hall–Kier alpha value is -5.08. The summed E-state index contributed by atoms with van der Waals surface area (Å²) in [5, 5.41) is 0. The number of piperidine rings is 2. The number of hydrogen-bond acceptors (Lipinski definition) is 6. The Labute approximate surface area is 309 Å². The maximum atomic E-state index is 13.2. The summed E-state index contributed by atoms with van der Waals surface area (Å²) < 4.78 is 96.9. The van der Waals surface area contributed by atoms with E-state index in [-0.39, 0.29) is 52.0 Å². The molecule has 0 bridgehead atoms. The van der Waals surface area contributed by atoms with Crippen molar-refractivity contribution in [2.45, 2.75) is 76.4 Å². The van der Waals surface area contributed by atoms with Crippen LogP contribution < -0.4 is 0 Å². The molecule has 288 valence electrons. The second-order valence-corrected chi connectivity index (χ2v) is 12.7. The maximum Gasteiger partial charge on any atom is 0.410 e. The monoisotopic (exact) mass is 758 g/mol. The smallest absolute Gasteiger partial charge is 0.410 e. The Bertz CT molecular complexity index is 1610. The summed E-state index contributed by atoms with van der Waals surface area (Å²) in [5.74, 6) is -0.818. The summed E-state index contributed by atoms with van der Waals surface area (Å²) >= 11 is 0. The first-order valence-corrected chi connectivity index (χ1v) is 17.4. The average molecular weight is 759 g/mol. The lowest BCUT2D eigenvalue weighted by atomic mass is 9.93. The minimum absolute atomic E-state index is 0.114. The van der Waals surface area contributed by atoms with Crippen LogP contribution in [0.4, 0.5) is 35.9 Å². The number of amides is 2. The molecule has 0 N–H and O–H groups in total. The third-order valence-electron chi connectivity index (χ3n) is 9.09. The van der Waals surface area contributed by atoms with Crippen LogP contribution in [0.3, 0.4) is 0 Å².